The highest BCUT2D eigenvalue weighted by molar-refractivity contribution is 7.98. The maximum absolute atomic E-state index is 10.9. The van der Waals surface area contributed by atoms with Gasteiger partial charge >= 0.3 is 5.97 Å². The molecule has 81 valence electrons. The Balaban J connectivity index is 2.55. The average molecular weight is 224 g/mol. The van der Waals surface area contributed by atoms with Gasteiger partial charge in [0.25, 0.3) is 0 Å². The van der Waals surface area contributed by atoms with Crippen LogP contribution in [0, 0.1) is 6.07 Å². The molecule has 0 aliphatic heterocycles. The normalized spacial score (nSPS) is 12.1. The van der Waals surface area contributed by atoms with Gasteiger partial charge in [-0.3, -0.25) is 0 Å². The van der Waals surface area contributed by atoms with Crippen molar-refractivity contribution in [2.24, 2.45) is 0 Å². The van der Waals surface area contributed by atoms with E-state index in [0.29, 0.717) is 6.42 Å². The summed E-state index contributed by atoms with van der Waals surface area (Å²) in [5.41, 5.74) is 0.797. The van der Waals surface area contributed by atoms with Crippen LogP contribution < -0.4 is 5.32 Å². The molecule has 15 heavy (non-hydrogen) atoms. The van der Waals surface area contributed by atoms with Gasteiger partial charge in [-0.15, -0.1) is 0 Å². The lowest BCUT2D eigenvalue weighted by atomic mass is 10.2. The molecule has 0 aliphatic rings. The highest BCUT2D eigenvalue weighted by Crippen LogP contribution is 2.10. The van der Waals surface area contributed by atoms with E-state index in [2.05, 4.69) is 11.4 Å². The fourth-order valence-corrected chi connectivity index (χ4v) is 1.65. The minimum absolute atomic E-state index is 0.520. The number of carbonyl (C=O) groups is 1. The van der Waals surface area contributed by atoms with Gasteiger partial charge in [0.2, 0.25) is 0 Å². The van der Waals surface area contributed by atoms with Gasteiger partial charge in [0.1, 0.15) is 6.04 Å². The number of hydrogen-bond donors (Lipinski definition) is 2. The molecule has 0 spiro atoms. The van der Waals surface area contributed by atoms with Crippen LogP contribution in [0.25, 0.3) is 0 Å². The largest absolute Gasteiger partial charge is 0.480 e. The molecule has 0 saturated heterocycles. The summed E-state index contributed by atoms with van der Waals surface area (Å²) in [7, 11) is 0. The third-order valence-corrected chi connectivity index (χ3v) is 2.60. The van der Waals surface area contributed by atoms with Gasteiger partial charge in [-0.2, -0.15) is 11.8 Å². The fraction of sp³-hybridized carbons (Fsp3) is 0.364. The number of aliphatic carboxylic acids is 1. The molecule has 0 fully saturated rings. The minimum atomic E-state index is -0.812. The van der Waals surface area contributed by atoms with Crippen molar-refractivity contribution >= 4 is 23.4 Å². The molecule has 3 nitrogen and oxygen atoms in total. The zero-order chi connectivity index (χ0) is 11.1. The van der Waals surface area contributed by atoms with Gasteiger partial charge in [-0.25, -0.2) is 4.79 Å². The molecule has 0 saturated carbocycles. The number of thioether (sulfide) groups is 1. The Labute approximate surface area is 93.9 Å². The smallest absolute Gasteiger partial charge is 0.326 e. The number of hydrogen-bond acceptors (Lipinski definition) is 3. The van der Waals surface area contributed by atoms with Crippen LogP contribution in [0.2, 0.25) is 0 Å². The summed E-state index contributed by atoms with van der Waals surface area (Å²) in [6.45, 7) is 0. The summed E-state index contributed by atoms with van der Waals surface area (Å²) in [6, 6.07) is 9.57. The number of carboxylic acids is 1. The van der Waals surface area contributed by atoms with Crippen molar-refractivity contribution < 1.29 is 9.90 Å². The molecule has 1 aromatic rings. The third-order valence-electron chi connectivity index (χ3n) is 1.96. The van der Waals surface area contributed by atoms with Gasteiger partial charge in [-0.1, -0.05) is 12.1 Å². The number of benzene rings is 1. The standard InChI is InChI=1S/C11H14NO2S/c1-15-8-7-10(11(13)14)12-9-5-3-2-4-6-9/h2-3,5-6,10,12H,7-8H2,1H3,(H,13,14). The summed E-state index contributed by atoms with van der Waals surface area (Å²) >= 11 is 1.65. The first kappa shape index (κ1) is 11.9. The number of anilines is 1. The lowest BCUT2D eigenvalue weighted by molar-refractivity contribution is -0.137. The SMILES string of the molecule is CSCCC(Nc1c[c]ccc1)C(=O)O. The Morgan fingerprint density at radius 2 is 2.53 bits per heavy atom. The van der Waals surface area contributed by atoms with Crippen molar-refractivity contribution in [1.82, 2.24) is 0 Å². The second-order valence-corrected chi connectivity index (χ2v) is 4.09. The molecule has 2 N–H and O–H groups in total. The maximum Gasteiger partial charge on any atom is 0.326 e. The van der Waals surface area contributed by atoms with Crippen LogP contribution in [0.4, 0.5) is 5.69 Å². The predicted octanol–water partition coefficient (Wildman–Crippen LogP) is 2.10. The van der Waals surface area contributed by atoms with Gasteiger partial charge in [0.05, 0.1) is 0 Å². The van der Waals surface area contributed by atoms with Gasteiger partial charge < -0.3 is 10.4 Å². The summed E-state index contributed by atoms with van der Waals surface area (Å²) in [5, 5.41) is 11.9. The number of carboxylic acid groups (broad SMARTS) is 1. The van der Waals surface area contributed by atoms with Crippen LogP contribution in [0.15, 0.2) is 24.3 Å². The quantitative estimate of drug-likeness (QED) is 0.777. The predicted molar refractivity (Wildman–Crippen MR) is 63.3 cm³/mol. The van der Waals surface area contributed by atoms with Crippen LogP contribution in [-0.2, 0) is 4.79 Å². The Morgan fingerprint density at radius 3 is 3.07 bits per heavy atom. The molecule has 0 amide bonds. The van der Waals surface area contributed by atoms with Gasteiger partial charge in [0.15, 0.2) is 0 Å². The molecule has 1 rings (SSSR count). The highest BCUT2D eigenvalue weighted by Gasteiger charge is 2.15. The summed E-state index contributed by atoms with van der Waals surface area (Å²) in [6.07, 6.45) is 2.58. The third kappa shape index (κ3) is 4.25. The van der Waals surface area contributed by atoms with E-state index >= 15 is 0 Å². The summed E-state index contributed by atoms with van der Waals surface area (Å²) in [4.78, 5) is 10.9. The number of nitrogens with one attached hydrogen (secondary N) is 1. The second kappa shape index (κ2) is 6.35. The first-order chi connectivity index (χ1) is 7.24. The van der Waals surface area contributed by atoms with E-state index in [9.17, 15) is 4.79 Å². The highest BCUT2D eigenvalue weighted by atomic mass is 32.2. The zero-order valence-electron chi connectivity index (χ0n) is 8.56. The molecule has 0 aromatic heterocycles. The van der Waals surface area contributed by atoms with Crippen LogP contribution in [-0.4, -0.2) is 29.1 Å². The monoisotopic (exact) mass is 224 g/mol. The van der Waals surface area contributed by atoms with E-state index in [-0.39, 0.29) is 0 Å². The van der Waals surface area contributed by atoms with Crippen molar-refractivity contribution in [2.75, 3.05) is 17.3 Å². The molecule has 4 heteroatoms. The maximum atomic E-state index is 10.9. The van der Waals surface area contributed by atoms with Gasteiger partial charge in [-0.05, 0) is 36.6 Å². The number of rotatable bonds is 6. The second-order valence-electron chi connectivity index (χ2n) is 3.11. The Bertz CT molecular complexity index is 303. The van der Waals surface area contributed by atoms with E-state index in [0.717, 1.165) is 11.4 Å². The Hall–Kier alpha value is -1.16. The van der Waals surface area contributed by atoms with E-state index in [1.807, 2.05) is 18.4 Å². The lowest BCUT2D eigenvalue weighted by Crippen LogP contribution is -2.29. The molecule has 0 heterocycles. The van der Waals surface area contributed by atoms with Gasteiger partial charge in [0, 0.05) is 5.69 Å². The van der Waals surface area contributed by atoms with Crippen LogP contribution >= 0.6 is 11.8 Å². The molecular formula is C11H14NO2S. The van der Waals surface area contributed by atoms with Crippen molar-refractivity contribution in [2.45, 2.75) is 12.5 Å². The van der Waals surface area contributed by atoms with E-state index in [1.165, 1.54) is 0 Å². The lowest BCUT2D eigenvalue weighted by Gasteiger charge is -2.14. The van der Waals surface area contributed by atoms with E-state index in [4.69, 9.17) is 5.11 Å². The summed E-state index contributed by atoms with van der Waals surface area (Å²) in [5.74, 6) is 0.0217. The van der Waals surface area contributed by atoms with E-state index < -0.39 is 12.0 Å². The Morgan fingerprint density at radius 1 is 1.73 bits per heavy atom. The van der Waals surface area contributed by atoms with E-state index in [1.54, 1.807) is 23.9 Å². The molecule has 1 unspecified atom stereocenters. The van der Waals surface area contributed by atoms with Crippen molar-refractivity contribution in [3.63, 3.8) is 0 Å². The summed E-state index contributed by atoms with van der Waals surface area (Å²) < 4.78 is 0. The molecular weight excluding hydrogens is 210 g/mol. The molecule has 1 radical (unpaired) electrons. The van der Waals surface area contributed by atoms with Crippen molar-refractivity contribution in [1.29, 1.82) is 0 Å². The van der Waals surface area contributed by atoms with Crippen LogP contribution in [0.3, 0.4) is 0 Å². The van der Waals surface area contributed by atoms with Crippen LogP contribution in [0.5, 0.6) is 0 Å². The first-order valence-electron chi connectivity index (χ1n) is 4.68. The van der Waals surface area contributed by atoms with Crippen LogP contribution in [0.1, 0.15) is 6.42 Å². The Kier molecular flexibility index (Phi) is 5.04. The molecule has 0 bridgehead atoms. The van der Waals surface area contributed by atoms with Crippen molar-refractivity contribution in [3.8, 4) is 0 Å². The molecule has 1 atom stereocenters. The fourth-order valence-electron chi connectivity index (χ4n) is 1.18. The van der Waals surface area contributed by atoms with Crippen molar-refractivity contribution in [3.05, 3.63) is 30.3 Å². The molecule has 1 aromatic carbocycles. The topological polar surface area (TPSA) is 49.3 Å². The molecule has 0 aliphatic carbocycles. The average Bonchev–Trinajstić information content (AvgIpc) is 2.25. The minimum Gasteiger partial charge on any atom is -0.480 e. The zero-order valence-corrected chi connectivity index (χ0v) is 9.38. The first-order valence-corrected chi connectivity index (χ1v) is 6.08.